The molecule has 19 heteroatoms. The van der Waals surface area contributed by atoms with Crippen molar-refractivity contribution in [3.8, 4) is 0 Å². The summed E-state index contributed by atoms with van der Waals surface area (Å²) in [6.07, 6.45) is 4.80. The maximum atomic E-state index is 12.0. The molecule has 284 valence electrons. The number of nitrogens with zero attached hydrogens (tertiary/aromatic N) is 4. The van der Waals surface area contributed by atoms with E-state index < -0.39 is 51.0 Å². The van der Waals surface area contributed by atoms with E-state index in [0.717, 1.165) is 24.3 Å². The van der Waals surface area contributed by atoms with Gasteiger partial charge in [-0.3, -0.25) is 13.6 Å². The van der Waals surface area contributed by atoms with Gasteiger partial charge in [-0.25, -0.2) is 34.8 Å². The molecule has 0 saturated heterocycles. The summed E-state index contributed by atoms with van der Waals surface area (Å²) in [5.74, 6) is 1.25. The lowest BCUT2D eigenvalue weighted by molar-refractivity contribution is 0.0677. The Morgan fingerprint density at radius 3 is 1.48 bits per heavy atom. The van der Waals surface area contributed by atoms with Gasteiger partial charge in [-0.1, -0.05) is 24.3 Å². The van der Waals surface area contributed by atoms with Gasteiger partial charge in [-0.2, -0.15) is 10.2 Å². The second kappa shape index (κ2) is 14.5. The van der Waals surface area contributed by atoms with Gasteiger partial charge >= 0.3 is 11.9 Å². The van der Waals surface area contributed by atoms with Crippen molar-refractivity contribution in [1.82, 2.24) is 19.6 Å². The lowest BCUT2D eigenvalue weighted by Gasteiger charge is -2.07. The van der Waals surface area contributed by atoms with Gasteiger partial charge in [-0.15, -0.1) is 0 Å². The van der Waals surface area contributed by atoms with Gasteiger partial charge in [0.1, 0.15) is 0 Å². The van der Waals surface area contributed by atoms with E-state index >= 15 is 0 Å². The quantitative estimate of drug-likeness (QED) is 0.189. The molecule has 0 spiro atoms. The monoisotopic (exact) mass is 814 g/mol. The van der Waals surface area contributed by atoms with E-state index in [0.29, 0.717) is 32.3 Å². The van der Waals surface area contributed by atoms with Crippen molar-refractivity contribution in [3.05, 3.63) is 107 Å². The number of benzene rings is 4. The molecule has 4 aromatic carbocycles. The number of fused-ring (bicyclic) bond motifs is 2. The van der Waals surface area contributed by atoms with E-state index in [2.05, 4.69) is 16.1 Å². The zero-order valence-electron chi connectivity index (χ0n) is 29.2. The van der Waals surface area contributed by atoms with Crippen LogP contribution in [0.15, 0.2) is 105 Å². The third-order valence-corrected chi connectivity index (χ3v) is 12.8. The molecular weight excluding hydrogens is 781 g/mol. The Kier molecular flexibility index (Phi) is 10.7. The van der Waals surface area contributed by atoms with Gasteiger partial charge in [0.25, 0.3) is 0 Å². The van der Waals surface area contributed by atoms with E-state index in [-0.39, 0.29) is 39.2 Å². The molecule has 1 atom stereocenters. The molecule has 1 unspecified atom stereocenters. The molecule has 0 aliphatic heterocycles. The van der Waals surface area contributed by atoms with E-state index in [4.69, 9.17) is 0 Å². The van der Waals surface area contributed by atoms with Crippen LogP contribution in [0.5, 0.6) is 0 Å². The van der Waals surface area contributed by atoms with Crippen LogP contribution in [0.25, 0.3) is 21.8 Å². The van der Waals surface area contributed by atoms with Crippen molar-refractivity contribution in [3.63, 3.8) is 0 Å². The largest absolute Gasteiger partial charge is 0.477 e. The molecule has 0 radical (unpaired) electrons. The number of hydrogen-bond acceptors (Lipinski definition) is 11. The predicted octanol–water partition coefficient (Wildman–Crippen LogP) is 3.48. The molecule has 6 aromatic rings. The normalized spacial score (nSPS) is 13.3. The molecule has 0 fully saturated rings. The summed E-state index contributed by atoms with van der Waals surface area (Å²) in [4.78, 5) is 24.1. The Balaban J connectivity index is 0.000000208. The highest BCUT2D eigenvalue weighted by Crippen LogP contribution is 2.25. The van der Waals surface area contributed by atoms with Gasteiger partial charge in [0.05, 0.1) is 38.8 Å². The fourth-order valence-electron chi connectivity index (χ4n) is 5.42. The standard InChI is InChI=1S/C18H18N2O5S2.C17H16N2O6S2/c1-26(2,23)13-6-4-12(5-7-13)11-20-17(18(21)22)15-9-8-14(27(3,24)25)10-16(15)19-20;1-26(22,23)12-5-3-11(4-6-12)10-19-15-9-13(27(2,24)25)7-8-14(15)16(18-19)17(20)21/h4-10H,1,11H2,2-3H3,(H,21,22);3-9H,10H2,1-2H3,(H,20,21). The van der Waals surface area contributed by atoms with Crippen LogP contribution < -0.4 is 0 Å². The summed E-state index contributed by atoms with van der Waals surface area (Å²) in [6, 6.07) is 21.3. The first-order valence-electron chi connectivity index (χ1n) is 15.5. The number of carboxylic acids is 2. The molecule has 15 nitrogen and oxygen atoms in total. The molecule has 2 heterocycles. The molecule has 0 saturated carbocycles. The molecular formula is C35H34N4O11S4. The number of rotatable bonds is 10. The molecule has 0 amide bonds. The Morgan fingerprint density at radius 2 is 1.02 bits per heavy atom. The topological polar surface area (TPSA) is 230 Å². The third kappa shape index (κ3) is 8.87. The fraction of sp³-hybridized carbons (Fsp3) is 0.171. The highest BCUT2D eigenvalue weighted by molar-refractivity contribution is 7.99. The minimum absolute atomic E-state index is 0.0226. The first kappa shape index (κ1) is 39.8. The summed E-state index contributed by atoms with van der Waals surface area (Å²) in [6.45, 7) is 0.327. The van der Waals surface area contributed by atoms with Gasteiger partial charge in [-0.05, 0) is 87.2 Å². The predicted molar refractivity (Wildman–Crippen MR) is 203 cm³/mol. The van der Waals surface area contributed by atoms with Gasteiger partial charge in [0.2, 0.25) is 0 Å². The Labute approximate surface area is 311 Å². The zero-order valence-corrected chi connectivity index (χ0v) is 32.5. The Hall–Kier alpha value is -5.37. The van der Waals surface area contributed by atoms with Crippen LogP contribution in [0, 0.1) is 0 Å². The van der Waals surface area contributed by atoms with Crippen LogP contribution >= 0.6 is 0 Å². The maximum absolute atomic E-state index is 12.0. The van der Waals surface area contributed by atoms with Crippen LogP contribution in [0.4, 0.5) is 0 Å². The lowest BCUT2D eigenvalue weighted by atomic mass is 10.2. The fourth-order valence-corrected chi connectivity index (χ4v) is 8.04. The molecule has 0 aliphatic rings. The summed E-state index contributed by atoms with van der Waals surface area (Å²) in [5, 5.41) is 28.0. The summed E-state index contributed by atoms with van der Waals surface area (Å²) < 4.78 is 84.9. The molecule has 0 bridgehead atoms. The second-order valence-corrected chi connectivity index (χ2v) is 21.1. The summed E-state index contributed by atoms with van der Waals surface area (Å²) in [7, 11) is -12.5. The molecule has 0 aliphatic carbocycles. The number of aromatic carboxylic acids is 2. The van der Waals surface area contributed by atoms with Crippen molar-refractivity contribution in [2.45, 2.75) is 32.7 Å². The first-order valence-corrected chi connectivity index (χ1v) is 23.3. The van der Waals surface area contributed by atoms with Gasteiger partial charge < -0.3 is 10.2 Å². The van der Waals surface area contributed by atoms with Crippen LogP contribution in [0.3, 0.4) is 0 Å². The van der Waals surface area contributed by atoms with Crippen molar-refractivity contribution in [2.24, 2.45) is 0 Å². The third-order valence-electron chi connectivity index (χ3n) is 8.13. The zero-order chi connectivity index (χ0) is 40.0. The van der Waals surface area contributed by atoms with Crippen molar-refractivity contribution >= 4 is 78.6 Å². The minimum atomic E-state index is -3.47. The average Bonchev–Trinajstić information content (AvgIpc) is 3.61. The van der Waals surface area contributed by atoms with E-state index in [1.54, 1.807) is 42.7 Å². The van der Waals surface area contributed by atoms with E-state index in [1.807, 2.05) is 0 Å². The van der Waals surface area contributed by atoms with Gasteiger partial charge in [0, 0.05) is 40.7 Å². The lowest BCUT2D eigenvalue weighted by Crippen LogP contribution is -2.11. The maximum Gasteiger partial charge on any atom is 0.357 e. The summed E-state index contributed by atoms with van der Waals surface area (Å²) >= 11 is 0. The number of aromatic nitrogens is 4. The molecule has 54 heavy (non-hydrogen) atoms. The minimum Gasteiger partial charge on any atom is -0.477 e. The number of carbonyl (C=O) groups is 2. The number of hydrogen-bond donors (Lipinski definition) is 2. The van der Waals surface area contributed by atoms with E-state index in [9.17, 15) is 49.3 Å². The number of sulfone groups is 3. The number of carboxylic acid groups (broad SMARTS) is 2. The van der Waals surface area contributed by atoms with Gasteiger partial charge in [0.15, 0.2) is 40.9 Å². The highest BCUT2D eigenvalue weighted by atomic mass is 32.2. The van der Waals surface area contributed by atoms with Crippen LogP contribution in [0.1, 0.15) is 32.1 Å². The Morgan fingerprint density at radius 1 is 0.574 bits per heavy atom. The second-order valence-electron chi connectivity index (χ2n) is 12.6. The molecule has 2 aromatic heterocycles. The molecule has 6 rings (SSSR count). The van der Waals surface area contributed by atoms with E-state index in [1.165, 1.54) is 57.9 Å². The molecule has 2 N–H and O–H groups in total. The Bertz CT molecular complexity index is 2910. The van der Waals surface area contributed by atoms with Crippen LogP contribution in [-0.2, 0) is 52.1 Å². The van der Waals surface area contributed by atoms with Crippen LogP contribution in [0.2, 0.25) is 0 Å². The average molecular weight is 815 g/mol. The smallest absolute Gasteiger partial charge is 0.357 e. The van der Waals surface area contributed by atoms with Crippen LogP contribution in [-0.4, -0.2) is 102 Å². The van der Waals surface area contributed by atoms with Crippen molar-refractivity contribution in [1.29, 1.82) is 0 Å². The highest BCUT2D eigenvalue weighted by Gasteiger charge is 2.21. The first-order chi connectivity index (χ1) is 24.9. The SMILES string of the molecule is C=S(C)(=O)c1ccc(Cn2nc3cc(S(C)(=O)=O)ccc3c2C(=O)O)cc1.CS(=O)(=O)c1ccc(Cn2nc(C(=O)O)c3ccc(S(C)(=O)=O)cc32)cc1. The van der Waals surface area contributed by atoms with Crippen molar-refractivity contribution < 1.29 is 49.3 Å². The van der Waals surface area contributed by atoms with Crippen molar-refractivity contribution in [2.75, 3.05) is 25.0 Å². The summed E-state index contributed by atoms with van der Waals surface area (Å²) in [5.41, 5.74) is 1.90.